The minimum absolute atomic E-state index is 0.414. The molecule has 0 spiro atoms. The summed E-state index contributed by atoms with van der Waals surface area (Å²) >= 11 is 0. The zero-order valence-corrected chi connectivity index (χ0v) is 6.87. The molecule has 0 unspecified atom stereocenters. The summed E-state index contributed by atoms with van der Waals surface area (Å²) in [5, 5.41) is 0. The number of nitrogen functional groups attached to an aromatic ring is 1. The molecule has 0 saturated carbocycles. The molecule has 1 rings (SSSR count). The minimum Gasteiger partial charge on any atom is -0.397 e. The summed E-state index contributed by atoms with van der Waals surface area (Å²) in [6.45, 7) is 1.91. The normalized spacial score (nSPS) is 9.75. The van der Waals surface area contributed by atoms with Crippen molar-refractivity contribution in [1.29, 1.82) is 0 Å². The third-order valence-electron chi connectivity index (χ3n) is 1.59. The van der Waals surface area contributed by atoms with Crippen molar-refractivity contribution in [3.63, 3.8) is 0 Å². The number of rotatable bonds is 2. The molecule has 0 bridgehead atoms. The van der Waals surface area contributed by atoms with Crippen LogP contribution < -0.4 is 11.5 Å². The molecule has 0 aliphatic carbocycles. The lowest BCUT2D eigenvalue weighted by molar-refractivity contribution is 0.0999. The van der Waals surface area contributed by atoms with E-state index in [0.717, 1.165) is 0 Å². The van der Waals surface area contributed by atoms with Crippen molar-refractivity contribution in [1.82, 2.24) is 4.98 Å². The predicted octanol–water partition coefficient (Wildman–Crippen LogP) is 0.325. The highest BCUT2D eigenvalue weighted by Gasteiger charge is 2.07. The van der Waals surface area contributed by atoms with Gasteiger partial charge in [-0.1, -0.05) is 6.92 Å². The Kier molecular flexibility index (Phi) is 2.28. The Bertz CT molecular complexity index is 309. The summed E-state index contributed by atoms with van der Waals surface area (Å²) in [5.74, 6) is -0.480. The molecule has 64 valence electrons. The summed E-state index contributed by atoms with van der Waals surface area (Å²) in [4.78, 5) is 14.9. The number of carbonyl (C=O) groups excluding carboxylic acids is 1. The van der Waals surface area contributed by atoms with Gasteiger partial charge >= 0.3 is 0 Å². The molecular formula is C8H11N3O. The number of carbonyl (C=O) groups is 1. The fourth-order valence-electron chi connectivity index (χ4n) is 1.00. The van der Waals surface area contributed by atoms with E-state index in [9.17, 15) is 4.79 Å². The number of pyridine rings is 1. The highest BCUT2D eigenvalue weighted by molar-refractivity contribution is 5.94. The van der Waals surface area contributed by atoms with Crippen molar-refractivity contribution in [3.8, 4) is 0 Å². The smallest absolute Gasteiger partial charge is 0.250 e. The Morgan fingerprint density at radius 3 is 2.83 bits per heavy atom. The Labute approximate surface area is 70.6 Å². The molecule has 4 heteroatoms. The van der Waals surface area contributed by atoms with Crippen molar-refractivity contribution in [2.75, 3.05) is 5.73 Å². The van der Waals surface area contributed by atoms with Gasteiger partial charge in [0, 0.05) is 0 Å². The molecular weight excluding hydrogens is 154 g/mol. The average Bonchev–Trinajstić information content (AvgIpc) is 2.04. The summed E-state index contributed by atoms with van der Waals surface area (Å²) in [5.41, 5.74) is 12.1. The number of aromatic nitrogens is 1. The van der Waals surface area contributed by atoms with Crippen LogP contribution in [0.25, 0.3) is 0 Å². The standard InChI is InChI=1S/C8H11N3O/c1-2-7-6(8(10)12)3-5(9)4-11-7/h3-4H,2,9H2,1H3,(H2,10,12). The lowest BCUT2D eigenvalue weighted by atomic mass is 10.1. The molecule has 4 N–H and O–H groups in total. The van der Waals surface area contributed by atoms with E-state index in [2.05, 4.69) is 4.98 Å². The van der Waals surface area contributed by atoms with Crippen molar-refractivity contribution < 1.29 is 4.79 Å². The average molecular weight is 165 g/mol. The maximum Gasteiger partial charge on any atom is 0.250 e. The number of anilines is 1. The molecule has 0 atom stereocenters. The fourth-order valence-corrected chi connectivity index (χ4v) is 1.00. The van der Waals surface area contributed by atoms with Gasteiger partial charge in [0.1, 0.15) is 0 Å². The van der Waals surface area contributed by atoms with Crippen LogP contribution in [-0.2, 0) is 6.42 Å². The van der Waals surface area contributed by atoms with Crippen LogP contribution in [0.3, 0.4) is 0 Å². The second kappa shape index (κ2) is 3.21. The van der Waals surface area contributed by atoms with Gasteiger partial charge in [0.2, 0.25) is 0 Å². The number of hydrogen-bond acceptors (Lipinski definition) is 3. The van der Waals surface area contributed by atoms with Crippen LogP contribution >= 0.6 is 0 Å². The second-order valence-corrected chi connectivity index (χ2v) is 2.48. The first kappa shape index (κ1) is 8.52. The largest absolute Gasteiger partial charge is 0.397 e. The number of nitrogens with zero attached hydrogens (tertiary/aromatic N) is 1. The Balaban J connectivity index is 3.21. The van der Waals surface area contributed by atoms with Gasteiger partial charge in [-0.2, -0.15) is 0 Å². The maximum atomic E-state index is 10.9. The van der Waals surface area contributed by atoms with Gasteiger partial charge in [0.25, 0.3) is 5.91 Å². The Morgan fingerprint density at radius 2 is 2.33 bits per heavy atom. The van der Waals surface area contributed by atoms with E-state index in [1.165, 1.54) is 6.20 Å². The van der Waals surface area contributed by atoms with E-state index >= 15 is 0 Å². The predicted molar refractivity (Wildman–Crippen MR) is 46.5 cm³/mol. The first-order valence-electron chi connectivity index (χ1n) is 3.69. The number of hydrogen-bond donors (Lipinski definition) is 2. The van der Waals surface area contributed by atoms with Crippen LogP contribution in [0.5, 0.6) is 0 Å². The molecule has 1 aromatic heterocycles. The van der Waals surface area contributed by atoms with Gasteiger partial charge in [-0.25, -0.2) is 0 Å². The highest BCUT2D eigenvalue weighted by atomic mass is 16.1. The summed E-state index contributed by atoms with van der Waals surface area (Å²) in [6.07, 6.45) is 2.20. The number of amides is 1. The minimum atomic E-state index is -0.480. The van der Waals surface area contributed by atoms with E-state index in [0.29, 0.717) is 23.4 Å². The van der Waals surface area contributed by atoms with Gasteiger partial charge in [-0.15, -0.1) is 0 Å². The zero-order chi connectivity index (χ0) is 9.14. The number of primary amides is 1. The van der Waals surface area contributed by atoms with E-state index < -0.39 is 5.91 Å². The first-order chi connectivity index (χ1) is 5.65. The monoisotopic (exact) mass is 165 g/mol. The fraction of sp³-hybridized carbons (Fsp3) is 0.250. The molecule has 1 heterocycles. The molecule has 0 aliphatic rings. The van der Waals surface area contributed by atoms with Crippen LogP contribution in [0.4, 0.5) is 5.69 Å². The zero-order valence-electron chi connectivity index (χ0n) is 6.87. The van der Waals surface area contributed by atoms with Crippen LogP contribution in [0.1, 0.15) is 23.0 Å². The maximum absolute atomic E-state index is 10.9. The van der Waals surface area contributed by atoms with Crippen LogP contribution in [-0.4, -0.2) is 10.9 Å². The van der Waals surface area contributed by atoms with Gasteiger partial charge in [0.15, 0.2) is 0 Å². The summed E-state index contributed by atoms with van der Waals surface area (Å²) < 4.78 is 0. The van der Waals surface area contributed by atoms with Crippen LogP contribution in [0.2, 0.25) is 0 Å². The van der Waals surface area contributed by atoms with Crippen LogP contribution in [0, 0.1) is 0 Å². The lowest BCUT2D eigenvalue weighted by Gasteiger charge is -2.03. The van der Waals surface area contributed by atoms with Crippen molar-refractivity contribution in [2.45, 2.75) is 13.3 Å². The highest BCUT2D eigenvalue weighted by Crippen LogP contribution is 2.09. The third-order valence-corrected chi connectivity index (χ3v) is 1.59. The molecule has 4 nitrogen and oxygen atoms in total. The van der Waals surface area contributed by atoms with E-state index in [1.54, 1.807) is 6.07 Å². The molecule has 1 aromatic rings. The second-order valence-electron chi connectivity index (χ2n) is 2.48. The van der Waals surface area contributed by atoms with Gasteiger partial charge in [0.05, 0.1) is 23.1 Å². The van der Waals surface area contributed by atoms with Gasteiger partial charge in [-0.05, 0) is 12.5 Å². The van der Waals surface area contributed by atoms with Gasteiger partial charge in [-0.3, -0.25) is 9.78 Å². The molecule has 1 amide bonds. The SMILES string of the molecule is CCc1ncc(N)cc1C(N)=O. The van der Waals surface area contributed by atoms with Crippen LogP contribution in [0.15, 0.2) is 12.3 Å². The number of nitrogens with two attached hydrogens (primary N) is 2. The van der Waals surface area contributed by atoms with Crippen molar-refractivity contribution in [3.05, 3.63) is 23.5 Å². The van der Waals surface area contributed by atoms with E-state index in [4.69, 9.17) is 11.5 Å². The molecule has 0 saturated heterocycles. The third kappa shape index (κ3) is 1.53. The molecule has 0 radical (unpaired) electrons. The topological polar surface area (TPSA) is 82.0 Å². The lowest BCUT2D eigenvalue weighted by Crippen LogP contribution is -2.15. The summed E-state index contributed by atoms with van der Waals surface area (Å²) in [6, 6.07) is 1.55. The molecule has 0 aromatic carbocycles. The first-order valence-corrected chi connectivity index (χ1v) is 3.69. The van der Waals surface area contributed by atoms with Gasteiger partial charge < -0.3 is 11.5 Å². The number of aryl methyl sites for hydroxylation is 1. The summed E-state index contributed by atoms with van der Waals surface area (Å²) in [7, 11) is 0. The van der Waals surface area contributed by atoms with Crippen molar-refractivity contribution >= 4 is 11.6 Å². The van der Waals surface area contributed by atoms with E-state index in [1.807, 2.05) is 6.92 Å². The Morgan fingerprint density at radius 1 is 1.67 bits per heavy atom. The Hall–Kier alpha value is -1.58. The van der Waals surface area contributed by atoms with E-state index in [-0.39, 0.29) is 0 Å². The van der Waals surface area contributed by atoms with Crippen molar-refractivity contribution in [2.24, 2.45) is 5.73 Å². The molecule has 0 aliphatic heterocycles. The molecule has 12 heavy (non-hydrogen) atoms. The molecule has 0 fully saturated rings. The quantitative estimate of drug-likeness (QED) is 0.662.